The van der Waals surface area contributed by atoms with Crippen LogP contribution in [0.15, 0.2) is 67.0 Å². The Kier molecular flexibility index (Phi) is 7.64. The van der Waals surface area contributed by atoms with E-state index in [1.54, 1.807) is 36.4 Å². The Hall–Kier alpha value is -3.36. The predicted molar refractivity (Wildman–Crippen MR) is 111 cm³/mol. The lowest BCUT2D eigenvalue weighted by Gasteiger charge is -2.29. The van der Waals surface area contributed by atoms with Crippen LogP contribution in [0.3, 0.4) is 0 Å². The number of allylic oxidation sites excluding steroid dienone is 1. The van der Waals surface area contributed by atoms with Gasteiger partial charge in [0.25, 0.3) is 0 Å². The number of ether oxygens (including phenoxy) is 4. The molecule has 0 spiro atoms. The van der Waals surface area contributed by atoms with Gasteiger partial charge >= 0.3 is 11.9 Å². The summed E-state index contributed by atoms with van der Waals surface area (Å²) >= 11 is 0. The van der Waals surface area contributed by atoms with Crippen molar-refractivity contribution in [2.24, 2.45) is 5.92 Å². The van der Waals surface area contributed by atoms with Crippen LogP contribution in [0.2, 0.25) is 0 Å². The molecule has 8 heteroatoms. The highest BCUT2D eigenvalue weighted by Gasteiger charge is 2.31. The van der Waals surface area contributed by atoms with E-state index >= 15 is 0 Å². The van der Waals surface area contributed by atoms with E-state index in [2.05, 4.69) is 6.58 Å². The van der Waals surface area contributed by atoms with E-state index in [1.165, 1.54) is 0 Å². The van der Waals surface area contributed by atoms with Crippen LogP contribution in [0.4, 0.5) is 0 Å². The fourth-order valence-corrected chi connectivity index (χ4v) is 3.04. The molecule has 164 valence electrons. The van der Waals surface area contributed by atoms with Crippen molar-refractivity contribution in [2.75, 3.05) is 26.4 Å². The average Bonchev–Trinajstić information content (AvgIpc) is 2.79. The molecule has 1 heterocycles. The third kappa shape index (κ3) is 6.07. The molecule has 0 aromatic heterocycles. The second kappa shape index (κ2) is 10.6. The van der Waals surface area contributed by atoms with E-state index < -0.39 is 24.1 Å². The molecule has 0 bridgehead atoms. The lowest BCUT2D eigenvalue weighted by molar-refractivity contribution is -0.142. The first-order chi connectivity index (χ1) is 15.0. The summed E-state index contributed by atoms with van der Waals surface area (Å²) in [5.41, 5.74) is 1.16. The van der Waals surface area contributed by atoms with Crippen LogP contribution >= 0.6 is 0 Å². The lowest BCUT2D eigenvalue weighted by atomic mass is 9.90. The Labute approximate surface area is 179 Å². The van der Waals surface area contributed by atoms with Gasteiger partial charge in [-0.05, 0) is 29.8 Å². The number of carbonyl (C=O) groups is 2. The number of esters is 2. The van der Waals surface area contributed by atoms with Crippen LogP contribution in [-0.4, -0.2) is 60.8 Å². The zero-order valence-corrected chi connectivity index (χ0v) is 16.8. The molecule has 31 heavy (non-hydrogen) atoms. The van der Waals surface area contributed by atoms with Gasteiger partial charge in [0.05, 0.1) is 12.2 Å². The van der Waals surface area contributed by atoms with E-state index in [4.69, 9.17) is 24.1 Å². The van der Waals surface area contributed by atoms with Crippen LogP contribution < -0.4 is 4.74 Å². The molecule has 0 amide bonds. The van der Waals surface area contributed by atoms with Crippen molar-refractivity contribution in [1.82, 2.24) is 0 Å². The summed E-state index contributed by atoms with van der Waals surface area (Å²) in [6.45, 7) is 3.11. The first-order valence-electron chi connectivity index (χ1n) is 9.77. The Morgan fingerprint density at radius 3 is 2.68 bits per heavy atom. The van der Waals surface area contributed by atoms with E-state index in [-0.39, 0.29) is 32.3 Å². The third-order valence-corrected chi connectivity index (χ3v) is 4.57. The summed E-state index contributed by atoms with van der Waals surface area (Å²) in [6.07, 6.45) is 6.61. The lowest BCUT2D eigenvalue weighted by Crippen LogP contribution is -2.31. The fraction of sp³-hybridized carbons (Fsp3) is 0.304. The van der Waals surface area contributed by atoms with Crippen molar-refractivity contribution in [2.45, 2.75) is 12.2 Å². The number of hydrogen-bond donors (Lipinski definition) is 2. The summed E-state index contributed by atoms with van der Waals surface area (Å²) in [4.78, 5) is 23.5. The Balaban J connectivity index is 1.59. The summed E-state index contributed by atoms with van der Waals surface area (Å²) in [5.74, 6) is -0.173. The van der Waals surface area contributed by atoms with Crippen molar-refractivity contribution in [1.29, 1.82) is 0 Å². The number of carbonyl (C=O) groups excluding carboxylic acids is 2. The molecule has 2 N–H and O–H groups in total. The molecule has 1 aromatic carbocycles. The van der Waals surface area contributed by atoms with Crippen LogP contribution in [-0.2, 0) is 23.8 Å². The highest BCUT2D eigenvalue weighted by atomic mass is 16.6. The van der Waals surface area contributed by atoms with Gasteiger partial charge < -0.3 is 29.2 Å². The molecule has 3 rings (SSSR count). The molecule has 0 fully saturated rings. The second-order valence-electron chi connectivity index (χ2n) is 6.85. The Bertz CT molecular complexity index is 897. The van der Waals surface area contributed by atoms with Gasteiger partial charge in [-0.3, -0.25) is 0 Å². The minimum Gasteiger partial charge on any atom is -0.491 e. The van der Waals surface area contributed by atoms with E-state index in [0.717, 1.165) is 6.08 Å². The summed E-state index contributed by atoms with van der Waals surface area (Å²) in [7, 11) is 0. The van der Waals surface area contributed by atoms with Gasteiger partial charge in [-0.15, -0.1) is 0 Å². The van der Waals surface area contributed by atoms with Crippen LogP contribution in [0.25, 0.3) is 5.57 Å². The minimum absolute atomic E-state index is 0.0738. The molecule has 8 nitrogen and oxygen atoms in total. The second-order valence-corrected chi connectivity index (χ2v) is 6.85. The molecule has 1 aliphatic heterocycles. The van der Waals surface area contributed by atoms with Crippen molar-refractivity contribution in [3.8, 4) is 5.75 Å². The summed E-state index contributed by atoms with van der Waals surface area (Å²) in [5, 5.41) is 18.6. The predicted octanol–water partition coefficient (Wildman–Crippen LogP) is 1.54. The summed E-state index contributed by atoms with van der Waals surface area (Å²) < 4.78 is 21.2. The third-order valence-electron chi connectivity index (χ3n) is 4.57. The number of rotatable bonds is 10. The molecule has 3 unspecified atom stereocenters. The molecular formula is C23H24O8. The molecule has 2 aliphatic rings. The fourth-order valence-electron chi connectivity index (χ4n) is 3.04. The quantitative estimate of drug-likeness (QED) is 0.427. The first-order valence-corrected chi connectivity index (χ1v) is 9.77. The molecule has 0 radical (unpaired) electrons. The van der Waals surface area contributed by atoms with Crippen molar-refractivity contribution >= 4 is 17.5 Å². The molecule has 3 atom stereocenters. The molecule has 1 aliphatic carbocycles. The molecule has 0 saturated carbocycles. The SMILES string of the molecule is C=CC(=O)OCC(O)COC1=CC2OC(=O)C(c3ccc(OCCO)cc3)=CC2C=C1. The number of aliphatic hydroxyl groups is 2. The number of hydrogen-bond acceptors (Lipinski definition) is 8. The number of aliphatic hydroxyl groups excluding tert-OH is 2. The zero-order valence-electron chi connectivity index (χ0n) is 16.8. The standard InChI is InChI=1S/C23H24O8/c1-2-22(26)30-14-17(25)13-29-19-8-5-16-11-20(23(27)31-21(16)12-19)15-3-6-18(7-4-15)28-10-9-24/h2-8,11-12,16-17,21,24-25H,1,9-10,13-14H2. The van der Waals surface area contributed by atoms with Gasteiger partial charge in [0.15, 0.2) is 0 Å². The zero-order chi connectivity index (χ0) is 22.2. The van der Waals surface area contributed by atoms with E-state index in [0.29, 0.717) is 22.6 Å². The van der Waals surface area contributed by atoms with Gasteiger partial charge in [0, 0.05) is 12.0 Å². The smallest absolute Gasteiger partial charge is 0.339 e. The van der Waals surface area contributed by atoms with Gasteiger partial charge in [0.1, 0.15) is 43.5 Å². The van der Waals surface area contributed by atoms with E-state index in [1.807, 2.05) is 12.2 Å². The number of fused-ring (bicyclic) bond motifs is 1. The Morgan fingerprint density at radius 1 is 1.19 bits per heavy atom. The van der Waals surface area contributed by atoms with Crippen LogP contribution in [0.1, 0.15) is 5.56 Å². The Morgan fingerprint density at radius 2 is 1.97 bits per heavy atom. The average molecular weight is 428 g/mol. The van der Waals surface area contributed by atoms with E-state index in [9.17, 15) is 14.7 Å². The van der Waals surface area contributed by atoms with Gasteiger partial charge in [-0.1, -0.05) is 30.9 Å². The van der Waals surface area contributed by atoms with Gasteiger partial charge in [0.2, 0.25) is 0 Å². The topological polar surface area (TPSA) is 112 Å². The highest BCUT2D eigenvalue weighted by molar-refractivity contribution is 6.17. The normalized spacial score (nSPS) is 20.5. The maximum atomic E-state index is 12.5. The highest BCUT2D eigenvalue weighted by Crippen LogP contribution is 2.32. The largest absolute Gasteiger partial charge is 0.491 e. The minimum atomic E-state index is -0.999. The first kappa shape index (κ1) is 22.3. The maximum Gasteiger partial charge on any atom is 0.339 e. The monoisotopic (exact) mass is 428 g/mol. The van der Waals surface area contributed by atoms with Gasteiger partial charge in [-0.25, -0.2) is 9.59 Å². The van der Waals surface area contributed by atoms with Crippen molar-refractivity contribution in [3.63, 3.8) is 0 Å². The number of benzene rings is 1. The molecular weight excluding hydrogens is 404 g/mol. The molecule has 1 aromatic rings. The van der Waals surface area contributed by atoms with Gasteiger partial charge in [-0.2, -0.15) is 0 Å². The molecule has 0 saturated heterocycles. The summed E-state index contributed by atoms with van der Waals surface area (Å²) in [6, 6.07) is 6.98. The van der Waals surface area contributed by atoms with Crippen molar-refractivity contribution < 1.29 is 38.7 Å². The van der Waals surface area contributed by atoms with Crippen molar-refractivity contribution in [3.05, 3.63) is 72.5 Å². The maximum absolute atomic E-state index is 12.5. The van der Waals surface area contributed by atoms with Crippen LogP contribution in [0, 0.1) is 5.92 Å². The van der Waals surface area contributed by atoms with Crippen LogP contribution in [0.5, 0.6) is 5.75 Å².